The van der Waals surface area contributed by atoms with E-state index in [1.807, 2.05) is 6.92 Å². The maximum absolute atomic E-state index is 11.6. The number of nitrogens with zero attached hydrogens (tertiary/aromatic N) is 1. The maximum Gasteiger partial charge on any atom is 0.251 e. The predicted octanol–water partition coefficient (Wildman–Crippen LogP) is 1.78. The third-order valence-corrected chi connectivity index (χ3v) is 2.89. The molecule has 0 spiro atoms. The number of rotatable bonds is 5. The van der Waals surface area contributed by atoms with Crippen LogP contribution >= 0.6 is 0 Å². The Hall–Kier alpha value is -1.94. The minimum atomic E-state index is -0.0926. The first-order valence-electron chi connectivity index (χ1n) is 6.52. The van der Waals surface area contributed by atoms with Crippen molar-refractivity contribution in [3.05, 3.63) is 63.3 Å². The SMILES string of the molecule is CCNCc1cc(=O)[nH]c(Cc2ccc(C)cc2)n1. The molecule has 4 nitrogen and oxygen atoms in total. The van der Waals surface area contributed by atoms with Crippen LogP contribution in [0.3, 0.4) is 0 Å². The molecule has 2 aromatic rings. The van der Waals surface area contributed by atoms with E-state index in [1.54, 1.807) is 6.07 Å². The Morgan fingerprint density at radius 2 is 2.00 bits per heavy atom. The number of aromatic nitrogens is 2. The zero-order chi connectivity index (χ0) is 13.7. The molecular formula is C15H19N3O. The fraction of sp³-hybridized carbons (Fsp3) is 0.333. The van der Waals surface area contributed by atoms with Gasteiger partial charge in [0.15, 0.2) is 0 Å². The summed E-state index contributed by atoms with van der Waals surface area (Å²) in [6, 6.07) is 9.80. The Morgan fingerprint density at radius 1 is 1.26 bits per heavy atom. The first-order valence-corrected chi connectivity index (χ1v) is 6.52. The van der Waals surface area contributed by atoms with E-state index in [4.69, 9.17) is 0 Å². The fourth-order valence-electron chi connectivity index (χ4n) is 1.89. The minimum Gasteiger partial charge on any atom is -0.311 e. The van der Waals surface area contributed by atoms with Crippen molar-refractivity contribution in [3.8, 4) is 0 Å². The highest BCUT2D eigenvalue weighted by atomic mass is 16.1. The number of H-pyrrole nitrogens is 1. The summed E-state index contributed by atoms with van der Waals surface area (Å²) >= 11 is 0. The van der Waals surface area contributed by atoms with E-state index in [0.717, 1.165) is 17.8 Å². The second-order valence-electron chi connectivity index (χ2n) is 4.63. The van der Waals surface area contributed by atoms with Gasteiger partial charge in [-0.25, -0.2) is 4.98 Å². The smallest absolute Gasteiger partial charge is 0.251 e. The summed E-state index contributed by atoms with van der Waals surface area (Å²) in [6.45, 7) is 5.57. The number of aryl methyl sites for hydroxylation is 1. The molecule has 0 aliphatic carbocycles. The molecule has 0 unspecified atom stereocenters. The lowest BCUT2D eigenvalue weighted by Crippen LogP contribution is -2.18. The summed E-state index contributed by atoms with van der Waals surface area (Å²) in [4.78, 5) is 18.9. The quantitative estimate of drug-likeness (QED) is 0.858. The van der Waals surface area contributed by atoms with Gasteiger partial charge < -0.3 is 10.3 Å². The summed E-state index contributed by atoms with van der Waals surface area (Å²) in [5.41, 5.74) is 3.07. The van der Waals surface area contributed by atoms with Crippen LogP contribution in [0.4, 0.5) is 0 Å². The van der Waals surface area contributed by atoms with Crippen LogP contribution in [0.2, 0.25) is 0 Å². The van der Waals surface area contributed by atoms with Crippen molar-refractivity contribution in [2.75, 3.05) is 6.54 Å². The Labute approximate surface area is 112 Å². The lowest BCUT2D eigenvalue weighted by molar-refractivity contribution is 0.700. The molecule has 0 aliphatic rings. The molecule has 0 aliphatic heterocycles. The summed E-state index contributed by atoms with van der Waals surface area (Å²) in [6.07, 6.45) is 0.648. The number of nitrogens with one attached hydrogen (secondary N) is 2. The van der Waals surface area contributed by atoms with Crippen molar-refractivity contribution < 1.29 is 0 Å². The molecule has 0 atom stereocenters. The molecule has 2 rings (SSSR count). The van der Waals surface area contributed by atoms with Gasteiger partial charge in [-0.1, -0.05) is 36.8 Å². The molecular weight excluding hydrogens is 238 g/mol. The molecule has 4 heteroatoms. The lowest BCUT2D eigenvalue weighted by Gasteiger charge is -2.05. The Morgan fingerprint density at radius 3 is 2.68 bits per heavy atom. The van der Waals surface area contributed by atoms with Crippen LogP contribution in [0.25, 0.3) is 0 Å². The van der Waals surface area contributed by atoms with E-state index in [0.29, 0.717) is 18.8 Å². The third kappa shape index (κ3) is 4.03. The molecule has 1 aromatic carbocycles. The van der Waals surface area contributed by atoms with Gasteiger partial charge in [0.2, 0.25) is 0 Å². The van der Waals surface area contributed by atoms with Crippen molar-refractivity contribution in [2.24, 2.45) is 0 Å². The summed E-state index contributed by atoms with van der Waals surface area (Å²) in [7, 11) is 0. The van der Waals surface area contributed by atoms with Gasteiger partial charge in [0.1, 0.15) is 5.82 Å². The van der Waals surface area contributed by atoms with Crippen LogP contribution in [0.15, 0.2) is 35.1 Å². The van der Waals surface area contributed by atoms with E-state index < -0.39 is 0 Å². The van der Waals surface area contributed by atoms with Crippen molar-refractivity contribution >= 4 is 0 Å². The highest BCUT2D eigenvalue weighted by Crippen LogP contribution is 2.07. The minimum absolute atomic E-state index is 0.0926. The van der Waals surface area contributed by atoms with E-state index >= 15 is 0 Å². The molecule has 1 heterocycles. The summed E-state index contributed by atoms with van der Waals surface area (Å²) < 4.78 is 0. The van der Waals surface area contributed by atoms with Gasteiger partial charge in [-0.2, -0.15) is 0 Å². The number of hydrogen-bond acceptors (Lipinski definition) is 3. The summed E-state index contributed by atoms with van der Waals surface area (Å²) in [5.74, 6) is 0.712. The normalized spacial score (nSPS) is 10.6. The maximum atomic E-state index is 11.6. The van der Waals surface area contributed by atoms with E-state index in [2.05, 4.69) is 46.5 Å². The monoisotopic (exact) mass is 257 g/mol. The molecule has 0 saturated heterocycles. The summed E-state index contributed by atoms with van der Waals surface area (Å²) in [5, 5.41) is 3.18. The average Bonchev–Trinajstić information content (AvgIpc) is 2.38. The van der Waals surface area contributed by atoms with Crippen molar-refractivity contribution in [1.82, 2.24) is 15.3 Å². The molecule has 0 bridgehead atoms. The number of hydrogen-bond donors (Lipinski definition) is 2. The second kappa shape index (κ2) is 6.29. The molecule has 0 fully saturated rings. The zero-order valence-electron chi connectivity index (χ0n) is 11.4. The molecule has 1 aromatic heterocycles. The van der Waals surface area contributed by atoms with Crippen LogP contribution in [0, 0.1) is 6.92 Å². The lowest BCUT2D eigenvalue weighted by atomic mass is 10.1. The Bertz CT molecular complexity index is 587. The highest BCUT2D eigenvalue weighted by molar-refractivity contribution is 5.24. The van der Waals surface area contributed by atoms with Crippen LogP contribution in [-0.4, -0.2) is 16.5 Å². The van der Waals surface area contributed by atoms with Crippen LogP contribution in [0.5, 0.6) is 0 Å². The van der Waals surface area contributed by atoms with E-state index in [1.165, 1.54) is 5.56 Å². The second-order valence-corrected chi connectivity index (χ2v) is 4.63. The molecule has 100 valence electrons. The highest BCUT2D eigenvalue weighted by Gasteiger charge is 2.02. The molecule has 2 N–H and O–H groups in total. The zero-order valence-corrected chi connectivity index (χ0v) is 11.4. The number of aromatic amines is 1. The van der Waals surface area contributed by atoms with Crippen LogP contribution in [-0.2, 0) is 13.0 Å². The molecule has 0 amide bonds. The van der Waals surface area contributed by atoms with E-state index in [9.17, 15) is 4.79 Å². The first kappa shape index (κ1) is 13.5. The van der Waals surface area contributed by atoms with Gasteiger partial charge in [-0.05, 0) is 19.0 Å². The van der Waals surface area contributed by atoms with Crippen molar-refractivity contribution in [1.29, 1.82) is 0 Å². The topological polar surface area (TPSA) is 57.8 Å². The van der Waals surface area contributed by atoms with Gasteiger partial charge in [-0.3, -0.25) is 4.79 Å². The standard InChI is InChI=1S/C15H19N3O/c1-3-16-10-13-9-15(19)18-14(17-13)8-12-6-4-11(2)5-7-12/h4-7,9,16H,3,8,10H2,1-2H3,(H,17,18,19). The Balaban J connectivity index is 2.17. The molecule has 19 heavy (non-hydrogen) atoms. The van der Waals surface area contributed by atoms with Gasteiger partial charge in [0.05, 0.1) is 5.69 Å². The van der Waals surface area contributed by atoms with E-state index in [-0.39, 0.29) is 5.56 Å². The third-order valence-electron chi connectivity index (χ3n) is 2.89. The Kier molecular flexibility index (Phi) is 4.47. The molecule has 0 radical (unpaired) electrons. The predicted molar refractivity (Wildman–Crippen MR) is 76.2 cm³/mol. The van der Waals surface area contributed by atoms with Gasteiger partial charge in [-0.15, -0.1) is 0 Å². The fourth-order valence-corrected chi connectivity index (χ4v) is 1.89. The molecule has 0 saturated carbocycles. The van der Waals surface area contributed by atoms with Crippen LogP contribution in [0.1, 0.15) is 29.6 Å². The van der Waals surface area contributed by atoms with Gasteiger partial charge >= 0.3 is 0 Å². The largest absolute Gasteiger partial charge is 0.311 e. The van der Waals surface area contributed by atoms with Crippen LogP contribution < -0.4 is 10.9 Å². The van der Waals surface area contributed by atoms with Crippen molar-refractivity contribution in [2.45, 2.75) is 26.8 Å². The van der Waals surface area contributed by atoms with Gasteiger partial charge in [0, 0.05) is 19.0 Å². The first-order chi connectivity index (χ1) is 9.17. The van der Waals surface area contributed by atoms with Gasteiger partial charge in [0.25, 0.3) is 5.56 Å². The average molecular weight is 257 g/mol. The number of benzene rings is 1. The van der Waals surface area contributed by atoms with Crippen molar-refractivity contribution in [3.63, 3.8) is 0 Å².